The van der Waals surface area contributed by atoms with Gasteiger partial charge in [0.2, 0.25) is 5.91 Å². The molecule has 134 valence electrons. The highest BCUT2D eigenvalue weighted by Crippen LogP contribution is 2.15. The van der Waals surface area contributed by atoms with Crippen LogP contribution in [0.1, 0.15) is 30.3 Å². The fraction of sp³-hybridized carbons (Fsp3) is 0.529. The first-order valence-corrected chi connectivity index (χ1v) is 8.59. The Morgan fingerprint density at radius 3 is 2.80 bits per heavy atom. The molecule has 0 saturated heterocycles. The van der Waals surface area contributed by atoms with Crippen LogP contribution in [0.4, 0.5) is 5.82 Å². The second-order valence-corrected chi connectivity index (χ2v) is 6.48. The molecule has 1 amide bonds. The van der Waals surface area contributed by atoms with Gasteiger partial charge < -0.3 is 5.32 Å². The first-order valence-electron chi connectivity index (χ1n) is 8.59. The van der Waals surface area contributed by atoms with Crippen LogP contribution in [-0.2, 0) is 31.4 Å². The van der Waals surface area contributed by atoms with E-state index < -0.39 is 0 Å². The van der Waals surface area contributed by atoms with E-state index in [1.807, 2.05) is 24.8 Å². The monoisotopic (exact) mass is 344 g/mol. The van der Waals surface area contributed by atoms with Gasteiger partial charge in [-0.2, -0.15) is 10.2 Å². The standard InChI is InChI=1S/C17H24N6O2/c1-4-6-23-17(25)9-13-10-22(7-5-14(13)20-23)11-16(24)18-15-8-12(2)19-21(15)3/h8-9H,4-7,10-11H2,1-3H3,(H,18,24). The average molecular weight is 344 g/mol. The van der Waals surface area contributed by atoms with Gasteiger partial charge in [0.15, 0.2) is 0 Å². The first-order chi connectivity index (χ1) is 12.0. The van der Waals surface area contributed by atoms with Crippen molar-refractivity contribution in [3.05, 3.63) is 39.4 Å². The van der Waals surface area contributed by atoms with Crippen LogP contribution in [0, 0.1) is 6.92 Å². The Morgan fingerprint density at radius 1 is 1.32 bits per heavy atom. The molecule has 8 nitrogen and oxygen atoms in total. The van der Waals surface area contributed by atoms with Crippen molar-refractivity contribution in [2.45, 2.75) is 39.8 Å². The fourth-order valence-corrected chi connectivity index (χ4v) is 3.12. The zero-order valence-corrected chi connectivity index (χ0v) is 14.9. The number of hydrogen-bond acceptors (Lipinski definition) is 5. The lowest BCUT2D eigenvalue weighted by atomic mass is 10.1. The maximum Gasteiger partial charge on any atom is 0.267 e. The molecule has 3 rings (SSSR count). The van der Waals surface area contributed by atoms with Crippen LogP contribution < -0.4 is 10.9 Å². The molecule has 0 spiro atoms. The van der Waals surface area contributed by atoms with Gasteiger partial charge in [-0.3, -0.25) is 19.2 Å². The average Bonchev–Trinajstić information content (AvgIpc) is 2.86. The Labute approximate surface area is 146 Å². The summed E-state index contributed by atoms with van der Waals surface area (Å²) in [6, 6.07) is 3.50. The minimum atomic E-state index is -0.0845. The molecule has 2 aromatic heterocycles. The molecule has 0 aliphatic carbocycles. The highest BCUT2D eigenvalue weighted by molar-refractivity contribution is 5.91. The van der Waals surface area contributed by atoms with Gasteiger partial charge in [0.05, 0.1) is 17.9 Å². The van der Waals surface area contributed by atoms with Crippen LogP contribution in [0.3, 0.4) is 0 Å². The van der Waals surface area contributed by atoms with Gasteiger partial charge in [0, 0.05) is 45.2 Å². The van der Waals surface area contributed by atoms with E-state index in [1.54, 1.807) is 17.8 Å². The Morgan fingerprint density at radius 2 is 2.12 bits per heavy atom. The van der Waals surface area contributed by atoms with Gasteiger partial charge in [0.25, 0.3) is 5.56 Å². The number of aromatic nitrogens is 4. The van der Waals surface area contributed by atoms with Gasteiger partial charge in [-0.1, -0.05) is 6.92 Å². The molecular formula is C17H24N6O2. The molecule has 1 N–H and O–H groups in total. The summed E-state index contributed by atoms with van der Waals surface area (Å²) >= 11 is 0. The topological polar surface area (TPSA) is 85.1 Å². The molecule has 3 heterocycles. The minimum absolute atomic E-state index is 0.0720. The summed E-state index contributed by atoms with van der Waals surface area (Å²) < 4.78 is 3.19. The third kappa shape index (κ3) is 3.96. The predicted molar refractivity (Wildman–Crippen MR) is 94.3 cm³/mol. The van der Waals surface area contributed by atoms with E-state index in [9.17, 15) is 9.59 Å². The van der Waals surface area contributed by atoms with Gasteiger partial charge >= 0.3 is 0 Å². The van der Waals surface area contributed by atoms with Crippen LogP contribution in [0.25, 0.3) is 0 Å². The summed E-state index contributed by atoms with van der Waals surface area (Å²) in [4.78, 5) is 26.4. The van der Waals surface area contributed by atoms with E-state index in [2.05, 4.69) is 15.5 Å². The zero-order valence-electron chi connectivity index (χ0n) is 14.9. The largest absolute Gasteiger partial charge is 0.310 e. The summed E-state index contributed by atoms with van der Waals surface area (Å²) in [5, 5.41) is 11.6. The van der Waals surface area contributed by atoms with Gasteiger partial charge in [-0.25, -0.2) is 4.68 Å². The SMILES string of the molecule is CCCn1nc2c(cc1=O)CN(CC(=O)Nc1cc(C)nn1C)CC2. The molecule has 1 aliphatic rings. The number of anilines is 1. The Bertz CT molecular complexity index is 838. The molecule has 1 aliphatic heterocycles. The zero-order chi connectivity index (χ0) is 18.0. The van der Waals surface area contributed by atoms with Crippen molar-refractivity contribution in [2.75, 3.05) is 18.4 Å². The van der Waals surface area contributed by atoms with E-state index in [4.69, 9.17) is 0 Å². The van der Waals surface area contributed by atoms with Crippen molar-refractivity contribution >= 4 is 11.7 Å². The number of aryl methyl sites for hydroxylation is 3. The Kier molecular flexibility index (Phi) is 4.98. The van der Waals surface area contributed by atoms with Crippen molar-refractivity contribution in [3.8, 4) is 0 Å². The third-order valence-electron chi connectivity index (χ3n) is 4.30. The van der Waals surface area contributed by atoms with Crippen molar-refractivity contribution < 1.29 is 4.79 Å². The van der Waals surface area contributed by atoms with E-state index in [0.717, 1.165) is 36.3 Å². The number of carbonyl (C=O) groups excluding carboxylic acids is 1. The number of nitrogens with one attached hydrogen (secondary N) is 1. The molecule has 2 aromatic rings. The summed E-state index contributed by atoms with van der Waals surface area (Å²) in [5.74, 6) is 0.600. The van der Waals surface area contributed by atoms with Crippen LogP contribution in [0.2, 0.25) is 0 Å². The normalized spacial score (nSPS) is 14.4. The lowest BCUT2D eigenvalue weighted by Crippen LogP contribution is -2.39. The number of nitrogens with zero attached hydrogens (tertiary/aromatic N) is 5. The number of rotatable bonds is 5. The van der Waals surface area contributed by atoms with Gasteiger partial charge in [-0.15, -0.1) is 0 Å². The fourth-order valence-electron chi connectivity index (χ4n) is 3.12. The van der Waals surface area contributed by atoms with Gasteiger partial charge in [0.1, 0.15) is 5.82 Å². The summed E-state index contributed by atoms with van der Waals surface area (Å²) in [7, 11) is 1.80. The molecule has 0 bridgehead atoms. The highest BCUT2D eigenvalue weighted by atomic mass is 16.2. The van der Waals surface area contributed by atoms with E-state index in [1.165, 1.54) is 4.68 Å². The smallest absolute Gasteiger partial charge is 0.267 e. The number of fused-ring (bicyclic) bond motifs is 1. The quantitative estimate of drug-likeness (QED) is 0.863. The van der Waals surface area contributed by atoms with Crippen molar-refractivity contribution in [1.29, 1.82) is 0 Å². The molecule has 8 heteroatoms. The Hall–Kier alpha value is -2.48. The van der Waals surface area contributed by atoms with Crippen molar-refractivity contribution in [1.82, 2.24) is 24.5 Å². The first kappa shape index (κ1) is 17.3. The van der Waals surface area contributed by atoms with Crippen molar-refractivity contribution in [3.63, 3.8) is 0 Å². The van der Waals surface area contributed by atoms with Crippen LogP contribution in [0.15, 0.2) is 16.9 Å². The molecule has 0 unspecified atom stereocenters. The maximum absolute atomic E-state index is 12.3. The molecule has 0 fully saturated rings. The lowest BCUT2D eigenvalue weighted by molar-refractivity contribution is -0.117. The van der Waals surface area contributed by atoms with Crippen LogP contribution >= 0.6 is 0 Å². The molecule has 0 atom stereocenters. The van der Waals surface area contributed by atoms with Crippen LogP contribution in [0.5, 0.6) is 0 Å². The number of hydrogen-bond donors (Lipinski definition) is 1. The summed E-state index contributed by atoms with van der Waals surface area (Å²) in [6.07, 6.45) is 1.63. The predicted octanol–water partition coefficient (Wildman–Crippen LogP) is 0.692. The second kappa shape index (κ2) is 7.18. The lowest BCUT2D eigenvalue weighted by Gasteiger charge is -2.27. The van der Waals surface area contributed by atoms with E-state index in [-0.39, 0.29) is 18.0 Å². The minimum Gasteiger partial charge on any atom is -0.310 e. The molecule has 0 saturated carbocycles. The molecular weight excluding hydrogens is 320 g/mol. The van der Waals surface area contributed by atoms with Crippen LogP contribution in [-0.4, -0.2) is 43.5 Å². The van der Waals surface area contributed by atoms with Gasteiger partial charge in [-0.05, 0) is 18.9 Å². The summed E-state index contributed by atoms with van der Waals surface area (Å²) in [5.41, 5.74) is 2.68. The Balaban J connectivity index is 1.64. The number of amides is 1. The van der Waals surface area contributed by atoms with Crippen molar-refractivity contribution in [2.24, 2.45) is 7.05 Å². The van der Waals surface area contributed by atoms with E-state index >= 15 is 0 Å². The maximum atomic E-state index is 12.3. The third-order valence-corrected chi connectivity index (χ3v) is 4.30. The molecule has 0 radical (unpaired) electrons. The van der Waals surface area contributed by atoms with E-state index in [0.29, 0.717) is 18.9 Å². The summed E-state index contributed by atoms with van der Waals surface area (Å²) in [6.45, 7) is 6.15. The number of carbonyl (C=O) groups is 1. The highest BCUT2D eigenvalue weighted by Gasteiger charge is 2.21. The molecule has 0 aromatic carbocycles. The molecule has 25 heavy (non-hydrogen) atoms. The second-order valence-electron chi connectivity index (χ2n) is 6.48.